The number of amides is 1. The number of nitro benzene ring substituents is 1. The van der Waals surface area contributed by atoms with Crippen LogP contribution in [-0.2, 0) is 4.74 Å². The fourth-order valence-corrected chi connectivity index (χ4v) is 1.73. The normalized spacial score (nSPS) is 12.6. The molecule has 0 aliphatic heterocycles. The second-order valence-electron chi connectivity index (χ2n) is 5.36. The minimum atomic E-state index is -1.05. The molecular weight excluding hydrogens is 281 g/mol. The van der Waals surface area contributed by atoms with E-state index < -0.39 is 34.2 Å². The first-order valence-electron chi connectivity index (χ1n) is 6.28. The Labute approximate surface area is 121 Å². The van der Waals surface area contributed by atoms with Gasteiger partial charge in [-0.05, 0) is 26.8 Å². The van der Waals surface area contributed by atoms with Crippen molar-refractivity contribution in [3.8, 4) is 0 Å². The second-order valence-corrected chi connectivity index (χ2v) is 5.36. The highest BCUT2D eigenvalue weighted by Crippen LogP contribution is 2.27. The average molecular weight is 299 g/mol. The van der Waals surface area contributed by atoms with E-state index in [-0.39, 0.29) is 12.1 Å². The van der Waals surface area contributed by atoms with Crippen LogP contribution in [0.2, 0.25) is 0 Å². The van der Waals surface area contributed by atoms with E-state index in [0.717, 1.165) is 12.1 Å². The number of carbonyl (C=O) groups is 1. The van der Waals surface area contributed by atoms with E-state index in [2.05, 4.69) is 5.32 Å². The molecule has 0 heterocycles. The van der Waals surface area contributed by atoms with Crippen molar-refractivity contribution in [1.29, 1.82) is 0 Å². The third kappa shape index (κ3) is 4.67. The molecule has 3 N–H and O–H groups in total. The maximum Gasteiger partial charge on any atom is 0.408 e. The van der Waals surface area contributed by atoms with Crippen LogP contribution in [0.4, 0.5) is 14.9 Å². The third-order valence-electron chi connectivity index (χ3n) is 2.50. The van der Waals surface area contributed by atoms with Gasteiger partial charge in [0.15, 0.2) is 0 Å². The molecule has 0 saturated heterocycles. The summed E-state index contributed by atoms with van der Waals surface area (Å²) in [6, 6.07) is 2.39. The largest absolute Gasteiger partial charge is 0.444 e. The highest BCUT2D eigenvalue weighted by atomic mass is 19.1. The number of nitrogens with zero attached hydrogens (tertiary/aromatic N) is 1. The van der Waals surface area contributed by atoms with E-state index in [4.69, 9.17) is 10.5 Å². The molecule has 0 aliphatic rings. The van der Waals surface area contributed by atoms with Gasteiger partial charge in [0.1, 0.15) is 11.4 Å². The van der Waals surface area contributed by atoms with E-state index in [1.165, 1.54) is 6.07 Å². The van der Waals surface area contributed by atoms with Gasteiger partial charge in [-0.3, -0.25) is 10.1 Å². The number of rotatable bonds is 4. The van der Waals surface area contributed by atoms with Crippen molar-refractivity contribution < 1.29 is 18.8 Å². The first-order chi connectivity index (χ1) is 9.65. The van der Waals surface area contributed by atoms with Crippen molar-refractivity contribution >= 4 is 11.8 Å². The predicted molar refractivity (Wildman–Crippen MR) is 74.2 cm³/mol. The van der Waals surface area contributed by atoms with Gasteiger partial charge in [-0.1, -0.05) is 6.07 Å². The average Bonchev–Trinajstić information content (AvgIpc) is 2.33. The number of nitro groups is 1. The molecule has 0 bridgehead atoms. The van der Waals surface area contributed by atoms with E-state index in [1.54, 1.807) is 20.8 Å². The van der Waals surface area contributed by atoms with Crippen LogP contribution in [-0.4, -0.2) is 23.2 Å². The maximum atomic E-state index is 13.9. The number of hydrogen-bond acceptors (Lipinski definition) is 5. The maximum absolute atomic E-state index is 13.9. The van der Waals surface area contributed by atoms with E-state index >= 15 is 0 Å². The highest BCUT2D eigenvalue weighted by molar-refractivity contribution is 5.69. The molecule has 0 radical (unpaired) electrons. The lowest BCUT2D eigenvalue weighted by Gasteiger charge is -2.23. The number of hydrogen-bond donors (Lipinski definition) is 2. The Hall–Kier alpha value is -2.22. The molecule has 0 aromatic heterocycles. The summed E-state index contributed by atoms with van der Waals surface area (Å²) >= 11 is 0. The van der Waals surface area contributed by atoms with Crippen LogP contribution in [0.25, 0.3) is 0 Å². The Kier molecular flexibility index (Phi) is 5.20. The van der Waals surface area contributed by atoms with E-state index in [1.807, 2.05) is 0 Å². The van der Waals surface area contributed by atoms with Gasteiger partial charge in [0.05, 0.1) is 16.5 Å². The van der Waals surface area contributed by atoms with Gasteiger partial charge in [0, 0.05) is 12.6 Å². The lowest BCUT2D eigenvalue weighted by atomic mass is 10.0. The molecule has 1 amide bonds. The van der Waals surface area contributed by atoms with Gasteiger partial charge >= 0.3 is 6.09 Å². The van der Waals surface area contributed by atoms with Gasteiger partial charge in [-0.2, -0.15) is 0 Å². The van der Waals surface area contributed by atoms with Crippen LogP contribution < -0.4 is 11.1 Å². The summed E-state index contributed by atoms with van der Waals surface area (Å²) in [5.41, 5.74) is 4.04. The van der Waals surface area contributed by atoms with Gasteiger partial charge < -0.3 is 15.8 Å². The van der Waals surface area contributed by atoms with Crippen molar-refractivity contribution in [3.05, 3.63) is 39.7 Å². The zero-order chi connectivity index (χ0) is 16.2. The van der Waals surface area contributed by atoms with Crippen LogP contribution in [0, 0.1) is 15.9 Å². The van der Waals surface area contributed by atoms with Crippen molar-refractivity contribution in [2.75, 3.05) is 6.54 Å². The van der Waals surface area contributed by atoms with Crippen LogP contribution in [0.3, 0.4) is 0 Å². The number of ether oxygens (including phenoxy) is 1. The SMILES string of the molecule is CC(C)(C)OC(=O)NC(CN)c1c(F)cccc1[N+](=O)[O-]. The second kappa shape index (κ2) is 6.49. The number of halogens is 1. The topological polar surface area (TPSA) is 107 Å². The number of alkyl carbamates (subject to hydrolysis) is 1. The molecule has 1 unspecified atom stereocenters. The van der Waals surface area contributed by atoms with Crippen molar-refractivity contribution in [3.63, 3.8) is 0 Å². The smallest absolute Gasteiger partial charge is 0.408 e. The molecule has 0 aliphatic carbocycles. The summed E-state index contributed by atoms with van der Waals surface area (Å²) in [6.07, 6.45) is -0.824. The summed E-state index contributed by atoms with van der Waals surface area (Å²) in [5.74, 6) is -0.810. The zero-order valence-electron chi connectivity index (χ0n) is 12.1. The fraction of sp³-hybridized carbons (Fsp3) is 0.462. The lowest BCUT2D eigenvalue weighted by Crippen LogP contribution is -2.38. The monoisotopic (exact) mass is 299 g/mol. The predicted octanol–water partition coefficient (Wildman–Crippen LogP) is 2.26. The Balaban J connectivity index is 3.06. The summed E-state index contributed by atoms with van der Waals surface area (Å²) < 4.78 is 18.9. The molecule has 8 heteroatoms. The summed E-state index contributed by atoms with van der Waals surface area (Å²) in [7, 11) is 0. The number of carbonyl (C=O) groups excluding carboxylic acids is 1. The van der Waals surface area contributed by atoms with Crippen molar-refractivity contribution in [2.45, 2.75) is 32.4 Å². The number of benzene rings is 1. The van der Waals surface area contributed by atoms with Crippen LogP contribution >= 0.6 is 0 Å². The molecule has 116 valence electrons. The Morgan fingerprint density at radius 1 is 1.52 bits per heavy atom. The fourth-order valence-electron chi connectivity index (χ4n) is 1.73. The lowest BCUT2D eigenvalue weighted by molar-refractivity contribution is -0.386. The van der Waals surface area contributed by atoms with Crippen LogP contribution in [0.1, 0.15) is 32.4 Å². The Morgan fingerprint density at radius 2 is 2.14 bits per heavy atom. The molecular formula is C13H18FN3O4. The molecule has 0 spiro atoms. The summed E-state index contributed by atoms with van der Waals surface area (Å²) in [6.45, 7) is 4.78. The highest BCUT2D eigenvalue weighted by Gasteiger charge is 2.28. The third-order valence-corrected chi connectivity index (χ3v) is 2.50. The molecule has 0 saturated carbocycles. The standard InChI is InChI=1S/C13H18FN3O4/c1-13(2,3)21-12(18)16-9(7-15)11-8(14)5-4-6-10(11)17(19)20/h4-6,9H,7,15H2,1-3H3,(H,16,18). The van der Waals surface area contributed by atoms with Gasteiger partial charge in [0.25, 0.3) is 5.69 Å². The molecule has 7 nitrogen and oxygen atoms in total. The minimum Gasteiger partial charge on any atom is -0.444 e. The van der Waals surface area contributed by atoms with Crippen molar-refractivity contribution in [2.24, 2.45) is 5.73 Å². The van der Waals surface area contributed by atoms with Gasteiger partial charge in [0.2, 0.25) is 0 Å². The zero-order valence-corrected chi connectivity index (χ0v) is 12.1. The Morgan fingerprint density at radius 3 is 2.62 bits per heavy atom. The first kappa shape index (κ1) is 16.8. The first-order valence-corrected chi connectivity index (χ1v) is 6.28. The Bertz CT molecular complexity index is 543. The van der Waals surface area contributed by atoms with Gasteiger partial charge in [-0.15, -0.1) is 0 Å². The molecule has 1 atom stereocenters. The van der Waals surface area contributed by atoms with Crippen LogP contribution in [0.15, 0.2) is 18.2 Å². The van der Waals surface area contributed by atoms with E-state index in [9.17, 15) is 19.3 Å². The number of nitrogens with two attached hydrogens (primary N) is 1. The number of nitrogens with one attached hydrogen (secondary N) is 1. The van der Waals surface area contributed by atoms with Gasteiger partial charge in [-0.25, -0.2) is 9.18 Å². The quantitative estimate of drug-likeness (QED) is 0.655. The molecule has 21 heavy (non-hydrogen) atoms. The molecule has 1 aromatic carbocycles. The van der Waals surface area contributed by atoms with E-state index in [0.29, 0.717) is 0 Å². The summed E-state index contributed by atoms with van der Waals surface area (Å²) in [4.78, 5) is 22.0. The molecule has 0 fully saturated rings. The van der Waals surface area contributed by atoms with Crippen LogP contribution in [0.5, 0.6) is 0 Å². The minimum absolute atomic E-state index is 0.207. The molecule has 1 rings (SSSR count). The molecule has 1 aromatic rings. The summed E-state index contributed by atoms with van der Waals surface area (Å²) in [5, 5.41) is 13.3. The van der Waals surface area contributed by atoms with Crippen molar-refractivity contribution in [1.82, 2.24) is 5.32 Å².